The lowest BCUT2D eigenvalue weighted by molar-refractivity contribution is 0.269. The van der Waals surface area contributed by atoms with Crippen LogP contribution >= 0.6 is 0 Å². The molecular formula is C22H40N2O2. The van der Waals surface area contributed by atoms with Crippen molar-refractivity contribution in [2.24, 2.45) is 0 Å². The van der Waals surface area contributed by atoms with Gasteiger partial charge in [-0.25, -0.2) is 0 Å². The van der Waals surface area contributed by atoms with Crippen LogP contribution in [0.25, 0.3) is 0 Å². The molecule has 0 aromatic carbocycles. The minimum atomic E-state index is 0.684. The molecule has 26 heavy (non-hydrogen) atoms. The summed E-state index contributed by atoms with van der Waals surface area (Å²) in [7, 11) is 0. The molecule has 1 rings (SSSR count). The molecule has 0 aliphatic carbocycles. The Hall–Kier alpha value is -1.32. The molecule has 0 bridgehead atoms. The second-order valence-corrected chi connectivity index (χ2v) is 7.24. The quantitative estimate of drug-likeness (QED) is 0.311. The van der Waals surface area contributed by atoms with Gasteiger partial charge in [-0.2, -0.15) is 9.97 Å². The Kier molecular flexibility index (Phi) is 12.9. The number of nitrogens with zero attached hydrogens (tertiary/aromatic N) is 2. The first-order valence-corrected chi connectivity index (χ1v) is 10.8. The lowest BCUT2D eigenvalue weighted by atomic mass is 10.1. The molecule has 150 valence electrons. The highest BCUT2D eigenvalue weighted by atomic mass is 16.5. The Morgan fingerprint density at radius 3 is 1.38 bits per heavy atom. The van der Waals surface area contributed by atoms with Gasteiger partial charge in [-0.1, -0.05) is 78.1 Å². The van der Waals surface area contributed by atoms with Crippen LogP contribution in [0.15, 0.2) is 0 Å². The minimum Gasteiger partial charge on any atom is -0.477 e. The van der Waals surface area contributed by atoms with Gasteiger partial charge in [-0.15, -0.1) is 0 Å². The van der Waals surface area contributed by atoms with E-state index in [1.807, 2.05) is 13.8 Å². The van der Waals surface area contributed by atoms with Crippen molar-refractivity contribution in [3.8, 4) is 11.8 Å². The Morgan fingerprint density at radius 2 is 0.962 bits per heavy atom. The lowest BCUT2D eigenvalue weighted by Crippen LogP contribution is -2.07. The maximum atomic E-state index is 5.91. The van der Waals surface area contributed by atoms with E-state index in [0.29, 0.717) is 17.6 Å². The third-order valence-corrected chi connectivity index (χ3v) is 4.64. The predicted molar refractivity (Wildman–Crippen MR) is 109 cm³/mol. The zero-order valence-corrected chi connectivity index (χ0v) is 17.6. The van der Waals surface area contributed by atoms with Gasteiger partial charge in [0.25, 0.3) is 0 Å². The summed E-state index contributed by atoms with van der Waals surface area (Å²) < 4.78 is 11.8. The maximum absolute atomic E-state index is 5.91. The molecule has 0 unspecified atom stereocenters. The van der Waals surface area contributed by atoms with E-state index in [1.54, 1.807) is 0 Å². The van der Waals surface area contributed by atoms with Crippen LogP contribution in [0.1, 0.15) is 102 Å². The van der Waals surface area contributed by atoms with E-state index in [9.17, 15) is 0 Å². The fourth-order valence-corrected chi connectivity index (χ4v) is 2.96. The Labute approximate surface area is 161 Å². The van der Waals surface area contributed by atoms with E-state index in [2.05, 4.69) is 23.8 Å². The number of rotatable bonds is 16. The molecule has 0 N–H and O–H groups in total. The highest BCUT2D eigenvalue weighted by Crippen LogP contribution is 2.24. The lowest BCUT2D eigenvalue weighted by Gasteiger charge is -2.13. The van der Waals surface area contributed by atoms with Crippen LogP contribution in [-0.4, -0.2) is 23.2 Å². The van der Waals surface area contributed by atoms with Crippen molar-refractivity contribution in [1.82, 2.24) is 9.97 Å². The van der Waals surface area contributed by atoms with Crippen molar-refractivity contribution >= 4 is 0 Å². The third kappa shape index (κ3) is 9.98. The molecule has 4 nitrogen and oxygen atoms in total. The average Bonchev–Trinajstić information content (AvgIpc) is 2.63. The zero-order chi connectivity index (χ0) is 19.0. The maximum Gasteiger partial charge on any atom is 0.223 e. The van der Waals surface area contributed by atoms with Crippen LogP contribution in [0.2, 0.25) is 0 Å². The second-order valence-electron chi connectivity index (χ2n) is 7.24. The molecule has 0 spiro atoms. The summed E-state index contributed by atoms with van der Waals surface area (Å²) in [5, 5.41) is 0. The second kappa shape index (κ2) is 14.8. The van der Waals surface area contributed by atoms with E-state index >= 15 is 0 Å². The molecule has 0 saturated carbocycles. The summed E-state index contributed by atoms with van der Waals surface area (Å²) in [6.45, 7) is 9.83. The molecule has 0 aliphatic heterocycles. The van der Waals surface area contributed by atoms with Crippen LogP contribution in [0.5, 0.6) is 11.8 Å². The molecule has 1 aromatic rings. The van der Waals surface area contributed by atoms with Crippen molar-refractivity contribution in [3.63, 3.8) is 0 Å². The molecule has 0 fully saturated rings. The standard InChI is InChI=1S/C22H40N2O2/c1-5-7-9-11-13-15-17-25-21-19(3)22(24-20(4)23-21)26-18-16-14-12-10-8-6-2/h5-18H2,1-4H3. The minimum absolute atomic E-state index is 0.684. The van der Waals surface area contributed by atoms with E-state index in [1.165, 1.54) is 64.2 Å². The summed E-state index contributed by atoms with van der Waals surface area (Å²) >= 11 is 0. The molecule has 0 saturated heterocycles. The highest BCUT2D eigenvalue weighted by Gasteiger charge is 2.11. The SMILES string of the molecule is CCCCCCCCOc1nc(C)nc(OCCCCCCCC)c1C. The van der Waals surface area contributed by atoms with Crippen LogP contribution in [-0.2, 0) is 0 Å². The van der Waals surface area contributed by atoms with E-state index in [-0.39, 0.29) is 0 Å². The number of hydrogen-bond acceptors (Lipinski definition) is 4. The Balaban J connectivity index is 2.32. The summed E-state index contributed by atoms with van der Waals surface area (Å²) in [5.41, 5.74) is 0.924. The zero-order valence-electron chi connectivity index (χ0n) is 17.6. The molecule has 0 radical (unpaired) electrons. The first-order chi connectivity index (χ1) is 12.7. The normalized spacial score (nSPS) is 10.9. The van der Waals surface area contributed by atoms with Gasteiger partial charge in [-0.3, -0.25) is 0 Å². The van der Waals surface area contributed by atoms with E-state index in [0.717, 1.165) is 31.6 Å². The smallest absolute Gasteiger partial charge is 0.223 e. The van der Waals surface area contributed by atoms with Crippen LogP contribution in [0.3, 0.4) is 0 Å². The molecule has 0 amide bonds. The number of aryl methyl sites for hydroxylation is 1. The first-order valence-electron chi connectivity index (χ1n) is 10.8. The largest absolute Gasteiger partial charge is 0.477 e. The molecule has 0 atom stereocenters. The van der Waals surface area contributed by atoms with Crippen molar-refractivity contribution in [2.75, 3.05) is 13.2 Å². The molecule has 1 aromatic heterocycles. The van der Waals surface area contributed by atoms with Gasteiger partial charge in [0.05, 0.1) is 18.8 Å². The Morgan fingerprint density at radius 1 is 0.577 bits per heavy atom. The van der Waals surface area contributed by atoms with Crippen molar-refractivity contribution < 1.29 is 9.47 Å². The van der Waals surface area contributed by atoms with Gasteiger partial charge in [0.1, 0.15) is 5.82 Å². The number of hydrogen-bond donors (Lipinski definition) is 0. The predicted octanol–water partition coefficient (Wildman–Crippen LogP) is 6.57. The Bertz CT molecular complexity index is 438. The van der Waals surface area contributed by atoms with Crippen molar-refractivity contribution in [3.05, 3.63) is 11.4 Å². The highest BCUT2D eigenvalue weighted by molar-refractivity contribution is 5.34. The topological polar surface area (TPSA) is 44.2 Å². The molecule has 4 heteroatoms. The van der Waals surface area contributed by atoms with Crippen molar-refractivity contribution in [2.45, 2.75) is 105 Å². The summed E-state index contributed by atoms with van der Waals surface area (Å²) in [4.78, 5) is 8.89. The number of unbranched alkanes of at least 4 members (excludes halogenated alkanes) is 10. The summed E-state index contributed by atoms with van der Waals surface area (Å²) in [6, 6.07) is 0. The van der Waals surface area contributed by atoms with Crippen molar-refractivity contribution in [1.29, 1.82) is 0 Å². The molecular weight excluding hydrogens is 324 g/mol. The van der Waals surface area contributed by atoms with E-state index in [4.69, 9.17) is 9.47 Å². The third-order valence-electron chi connectivity index (χ3n) is 4.64. The summed E-state index contributed by atoms with van der Waals surface area (Å²) in [5.74, 6) is 2.08. The molecule has 1 heterocycles. The van der Waals surface area contributed by atoms with Crippen LogP contribution < -0.4 is 9.47 Å². The van der Waals surface area contributed by atoms with Gasteiger partial charge in [-0.05, 0) is 26.7 Å². The van der Waals surface area contributed by atoms with Gasteiger partial charge in [0, 0.05) is 0 Å². The van der Waals surface area contributed by atoms with E-state index < -0.39 is 0 Å². The number of ether oxygens (including phenoxy) is 2. The number of aromatic nitrogens is 2. The first kappa shape index (κ1) is 22.7. The van der Waals surface area contributed by atoms with Crippen LogP contribution in [0, 0.1) is 13.8 Å². The average molecular weight is 365 g/mol. The van der Waals surface area contributed by atoms with Crippen LogP contribution in [0.4, 0.5) is 0 Å². The fraction of sp³-hybridized carbons (Fsp3) is 0.818. The monoisotopic (exact) mass is 364 g/mol. The van der Waals surface area contributed by atoms with Gasteiger partial charge in [0.2, 0.25) is 11.8 Å². The molecule has 0 aliphatic rings. The van der Waals surface area contributed by atoms with Gasteiger partial charge < -0.3 is 9.47 Å². The van der Waals surface area contributed by atoms with Gasteiger partial charge in [0.15, 0.2) is 0 Å². The van der Waals surface area contributed by atoms with Gasteiger partial charge >= 0.3 is 0 Å². The summed E-state index contributed by atoms with van der Waals surface area (Å²) in [6.07, 6.45) is 15.1. The fourth-order valence-electron chi connectivity index (χ4n) is 2.96.